The fraction of sp³-hybridized carbons (Fsp3) is 0.500. The molecule has 1 unspecified atom stereocenters. The van der Waals surface area contributed by atoms with E-state index in [9.17, 15) is 18.5 Å². The minimum Gasteiger partial charge on any atom is -0.497 e. The van der Waals surface area contributed by atoms with E-state index in [-0.39, 0.29) is 29.7 Å². The molecule has 0 bridgehead atoms. The number of ether oxygens (including phenoxy) is 2. The standard InChI is InChI=1S/C12H16ClNO6S/c1-3-9(8-21(13,17)18)7-20-12-6-10(19-2)4-5-11(12)14(15)16/h4-6,9H,3,7-8H2,1-2H3. The Bertz CT molecular complexity index is 604. The molecule has 0 heterocycles. The quantitative estimate of drug-likeness (QED) is 0.411. The van der Waals surface area contributed by atoms with Gasteiger partial charge in [0.25, 0.3) is 0 Å². The highest BCUT2D eigenvalue weighted by Crippen LogP contribution is 2.31. The summed E-state index contributed by atoms with van der Waals surface area (Å²) in [6, 6.07) is 4.11. The summed E-state index contributed by atoms with van der Waals surface area (Å²) in [5.74, 6) is -0.153. The monoisotopic (exact) mass is 337 g/mol. The van der Waals surface area contributed by atoms with Gasteiger partial charge in [-0.1, -0.05) is 6.92 Å². The van der Waals surface area contributed by atoms with Crippen molar-refractivity contribution in [2.75, 3.05) is 19.5 Å². The van der Waals surface area contributed by atoms with Crippen LogP contribution in [0.5, 0.6) is 11.5 Å². The molecule has 0 aliphatic carbocycles. The van der Waals surface area contributed by atoms with Gasteiger partial charge in [0.05, 0.1) is 24.4 Å². The van der Waals surface area contributed by atoms with Crippen LogP contribution < -0.4 is 9.47 Å². The molecule has 7 nitrogen and oxygen atoms in total. The molecule has 118 valence electrons. The maximum absolute atomic E-state index is 11.1. The zero-order chi connectivity index (χ0) is 16.0. The van der Waals surface area contributed by atoms with Crippen molar-refractivity contribution in [2.45, 2.75) is 13.3 Å². The predicted molar refractivity (Wildman–Crippen MR) is 78.6 cm³/mol. The summed E-state index contributed by atoms with van der Waals surface area (Å²) in [5, 5.41) is 10.9. The molecule has 1 aromatic carbocycles. The lowest BCUT2D eigenvalue weighted by Gasteiger charge is -2.14. The Kier molecular flexibility index (Phi) is 6.22. The number of hydrogen-bond acceptors (Lipinski definition) is 6. The summed E-state index contributed by atoms with van der Waals surface area (Å²) < 4.78 is 32.5. The topological polar surface area (TPSA) is 95.7 Å². The molecule has 21 heavy (non-hydrogen) atoms. The lowest BCUT2D eigenvalue weighted by atomic mass is 10.1. The van der Waals surface area contributed by atoms with Crippen molar-refractivity contribution >= 4 is 25.4 Å². The Balaban J connectivity index is 2.88. The zero-order valence-electron chi connectivity index (χ0n) is 11.6. The van der Waals surface area contributed by atoms with Crippen molar-refractivity contribution in [3.8, 4) is 11.5 Å². The number of methoxy groups -OCH3 is 1. The third-order valence-corrected chi connectivity index (χ3v) is 4.10. The van der Waals surface area contributed by atoms with E-state index in [0.717, 1.165) is 0 Å². The van der Waals surface area contributed by atoms with Gasteiger partial charge in [0.1, 0.15) is 5.75 Å². The summed E-state index contributed by atoms with van der Waals surface area (Å²) in [4.78, 5) is 10.4. The highest BCUT2D eigenvalue weighted by Gasteiger charge is 2.20. The Morgan fingerprint density at radius 2 is 2.10 bits per heavy atom. The van der Waals surface area contributed by atoms with Crippen molar-refractivity contribution in [2.24, 2.45) is 5.92 Å². The molecular weight excluding hydrogens is 322 g/mol. The maximum Gasteiger partial charge on any atom is 0.311 e. The highest BCUT2D eigenvalue weighted by atomic mass is 35.7. The molecular formula is C12H16ClNO6S. The Hall–Kier alpha value is -1.54. The van der Waals surface area contributed by atoms with Crippen molar-refractivity contribution in [1.82, 2.24) is 0 Å². The van der Waals surface area contributed by atoms with E-state index >= 15 is 0 Å². The molecule has 0 radical (unpaired) electrons. The number of rotatable bonds is 8. The summed E-state index contributed by atoms with van der Waals surface area (Å²) in [7, 11) is 2.99. The highest BCUT2D eigenvalue weighted by molar-refractivity contribution is 8.13. The van der Waals surface area contributed by atoms with Crippen LogP contribution in [0.4, 0.5) is 5.69 Å². The van der Waals surface area contributed by atoms with Gasteiger partial charge >= 0.3 is 5.69 Å². The summed E-state index contributed by atoms with van der Waals surface area (Å²) in [5.41, 5.74) is -0.209. The largest absolute Gasteiger partial charge is 0.497 e. The third kappa shape index (κ3) is 5.76. The fourth-order valence-electron chi connectivity index (χ4n) is 1.66. The van der Waals surface area contributed by atoms with Gasteiger partial charge < -0.3 is 9.47 Å². The molecule has 1 atom stereocenters. The summed E-state index contributed by atoms with van der Waals surface area (Å²) in [6.07, 6.45) is 0.518. The van der Waals surface area contributed by atoms with Crippen molar-refractivity contribution in [3.63, 3.8) is 0 Å². The van der Waals surface area contributed by atoms with E-state index in [1.165, 1.54) is 25.3 Å². The normalized spacial score (nSPS) is 12.7. The summed E-state index contributed by atoms with van der Waals surface area (Å²) >= 11 is 0. The maximum atomic E-state index is 11.1. The van der Waals surface area contributed by atoms with Crippen LogP contribution in [0.2, 0.25) is 0 Å². The first kappa shape index (κ1) is 17.5. The van der Waals surface area contributed by atoms with Gasteiger partial charge in [-0.25, -0.2) is 8.42 Å². The van der Waals surface area contributed by atoms with Gasteiger partial charge in [0, 0.05) is 28.7 Å². The van der Waals surface area contributed by atoms with E-state index in [0.29, 0.717) is 12.2 Å². The van der Waals surface area contributed by atoms with Gasteiger partial charge in [-0.3, -0.25) is 10.1 Å². The average molecular weight is 338 g/mol. The second-order valence-electron chi connectivity index (χ2n) is 4.38. The Morgan fingerprint density at radius 1 is 1.43 bits per heavy atom. The van der Waals surface area contributed by atoms with E-state index in [1.807, 2.05) is 0 Å². The second kappa shape index (κ2) is 7.46. The number of hydrogen-bond donors (Lipinski definition) is 0. The van der Waals surface area contributed by atoms with Gasteiger partial charge in [0.15, 0.2) is 0 Å². The van der Waals surface area contributed by atoms with E-state index in [1.54, 1.807) is 6.92 Å². The zero-order valence-corrected chi connectivity index (χ0v) is 13.2. The van der Waals surface area contributed by atoms with Crippen LogP contribution in [0.1, 0.15) is 13.3 Å². The SMILES string of the molecule is CCC(COc1cc(OC)ccc1[N+](=O)[O-])CS(=O)(=O)Cl. The molecule has 0 aliphatic heterocycles. The molecule has 9 heteroatoms. The molecule has 0 saturated carbocycles. The first-order valence-electron chi connectivity index (χ1n) is 6.14. The van der Waals surface area contributed by atoms with Gasteiger partial charge in [-0.2, -0.15) is 0 Å². The smallest absolute Gasteiger partial charge is 0.311 e. The van der Waals surface area contributed by atoms with Crippen LogP contribution in [0, 0.1) is 16.0 Å². The minimum atomic E-state index is -3.65. The van der Waals surface area contributed by atoms with Crippen LogP contribution in [-0.4, -0.2) is 32.8 Å². The number of benzene rings is 1. The summed E-state index contributed by atoms with van der Waals surface area (Å²) in [6.45, 7) is 1.80. The number of nitro benzene ring substituents is 1. The number of nitro groups is 1. The van der Waals surface area contributed by atoms with Crippen molar-refractivity contribution < 1.29 is 22.8 Å². The predicted octanol–water partition coefficient (Wildman–Crippen LogP) is 2.58. The Morgan fingerprint density at radius 3 is 2.57 bits per heavy atom. The molecule has 0 aromatic heterocycles. The van der Waals surface area contributed by atoms with Gasteiger partial charge in [0.2, 0.25) is 14.8 Å². The molecule has 0 saturated heterocycles. The Labute approximate surface area is 127 Å². The van der Waals surface area contributed by atoms with Gasteiger partial charge in [-0.05, 0) is 12.5 Å². The lowest BCUT2D eigenvalue weighted by molar-refractivity contribution is -0.385. The van der Waals surface area contributed by atoms with Crippen LogP contribution >= 0.6 is 10.7 Å². The second-order valence-corrected chi connectivity index (χ2v) is 7.20. The first-order valence-corrected chi connectivity index (χ1v) is 8.62. The van der Waals surface area contributed by atoms with E-state index in [2.05, 4.69) is 0 Å². The van der Waals surface area contributed by atoms with Crippen LogP contribution in [0.15, 0.2) is 18.2 Å². The minimum absolute atomic E-state index is 0.0104. The average Bonchev–Trinajstić information content (AvgIpc) is 2.41. The van der Waals surface area contributed by atoms with Crippen LogP contribution in [0.3, 0.4) is 0 Å². The van der Waals surface area contributed by atoms with Crippen LogP contribution in [0.25, 0.3) is 0 Å². The molecule has 0 N–H and O–H groups in total. The molecule has 1 rings (SSSR count). The molecule has 0 aliphatic rings. The molecule has 0 fully saturated rings. The van der Waals surface area contributed by atoms with Crippen LogP contribution in [-0.2, 0) is 9.05 Å². The number of halogens is 1. The van der Waals surface area contributed by atoms with Gasteiger partial charge in [-0.15, -0.1) is 0 Å². The molecule has 0 amide bonds. The van der Waals surface area contributed by atoms with Crippen molar-refractivity contribution in [1.29, 1.82) is 0 Å². The van der Waals surface area contributed by atoms with E-state index < -0.39 is 14.0 Å². The number of nitrogens with zero attached hydrogens (tertiary/aromatic N) is 1. The van der Waals surface area contributed by atoms with E-state index in [4.69, 9.17) is 20.2 Å². The van der Waals surface area contributed by atoms with Crippen molar-refractivity contribution in [3.05, 3.63) is 28.3 Å². The molecule has 1 aromatic rings. The third-order valence-electron chi connectivity index (χ3n) is 2.85. The molecule has 0 spiro atoms. The first-order chi connectivity index (χ1) is 9.76. The fourth-order valence-corrected chi connectivity index (χ4v) is 3.09. The lowest BCUT2D eigenvalue weighted by Crippen LogP contribution is -2.19.